The second-order valence-electron chi connectivity index (χ2n) is 26.1. The van der Waals surface area contributed by atoms with Crippen molar-refractivity contribution in [3.8, 4) is 0 Å². The topological polar surface area (TPSA) is 330 Å². The van der Waals surface area contributed by atoms with E-state index in [4.69, 9.17) is 13.9 Å². The highest BCUT2D eigenvalue weighted by Crippen LogP contribution is 2.30. The number of rotatable bonds is 37. The number of hydrogen-bond acceptors (Lipinski definition) is 15. The monoisotopic (exact) mass is 1210 g/mol. The van der Waals surface area contributed by atoms with Crippen molar-refractivity contribution in [2.75, 3.05) is 66.7 Å². The first kappa shape index (κ1) is 74.0. The molecule has 1 aliphatic carbocycles. The first-order chi connectivity index (χ1) is 40.3. The second kappa shape index (κ2) is 35.6. The van der Waals surface area contributed by atoms with Gasteiger partial charge in [-0.1, -0.05) is 73.6 Å². The number of aromatic nitrogens is 1. The van der Waals surface area contributed by atoms with E-state index in [0.29, 0.717) is 77.0 Å². The molecule has 1 aromatic heterocycles. The van der Waals surface area contributed by atoms with Crippen molar-refractivity contribution in [1.82, 2.24) is 62.6 Å². The summed E-state index contributed by atoms with van der Waals surface area (Å²) in [5, 5.41) is 25.1. The van der Waals surface area contributed by atoms with Crippen LogP contribution in [0.2, 0.25) is 0 Å². The van der Waals surface area contributed by atoms with E-state index in [1.165, 1.54) is 52.7 Å². The van der Waals surface area contributed by atoms with E-state index >= 15 is 0 Å². The summed E-state index contributed by atoms with van der Waals surface area (Å²) in [5.74, 6) is -6.85. The maximum absolute atomic E-state index is 14.4. The number of aryl methyl sites for hydroxylation is 1. The van der Waals surface area contributed by atoms with Gasteiger partial charge < -0.3 is 66.6 Å². The van der Waals surface area contributed by atoms with Crippen LogP contribution in [-0.2, 0) is 52.6 Å². The van der Waals surface area contributed by atoms with Crippen molar-refractivity contribution in [3.63, 3.8) is 0 Å². The van der Waals surface area contributed by atoms with E-state index < -0.39 is 100.0 Å². The summed E-state index contributed by atoms with van der Waals surface area (Å²) in [7, 11) is 3.24. The largest absolute Gasteiger partial charge is 0.448 e. The van der Waals surface area contributed by atoms with Crippen molar-refractivity contribution < 1.29 is 61.8 Å². The number of oxazole rings is 1. The molecule has 25 heteroatoms. The van der Waals surface area contributed by atoms with Crippen molar-refractivity contribution in [2.45, 2.75) is 214 Å². The maximum atomic E-state index is 14.4. The van der Waals surface area contributed by atoms with Crippen LogP contribution in [0.4, 0.5) is 0 Å². The van der Waals surface area contributed by atoms with Crippen LogP contribution in [0.5, 0.6) is 0 Å². The predicted octanol–water partition coefficient (Wildman–Crippen LogP) is 3.13. The summed E-state index contributed by atoms with van der Waals surface area (Å²) in [6.07, 6.45) is 8.20. The molecule has 5 atom stereocenters. The molecule has 488 valence electrons. The molecule has 1 aromatic rings. The third-order valence-electron chi connectivity index (χ3n) is 15.5. The number of hydrogen-bond donors (Lipinski definition) is 9. The molecule has 2 fully saturated rings. The average Bonchev–Trinajstić information content (AvgIpc) is 2.69. The van der Waals surface area contributed by atoms with Gasteiger partial charge in [-0.25, -0.2) is 4.98 Å². The lowest BCUT2D eigenvalue weighted by Crippen LogP contribution is -2.65. The molecule has 1 saturated carbocycles. The zero-order valence-electron chi connectivity index (χ0n) is 54.3. The maximum Gasteiger partial charge on any atom is 0.277 e. The predicted molar refractivity (Wildman–Crippen MR) is 324 cm³/mol. The second-order valence-corrected chi connectivity index (χ2v) is 26.1. The summed E-state index contributed by atoms with van der Waals surface area (Å²) >= 11 is 0. The molecule has 1 saturated heterocycles. The van der Waals surface area contributed by atoms with Crippen molar-refractivity contribution in [1.29, 1.82) is 0 Å². The Labute approximate surface area is 510 Å². The molecule has 10 amide bonds. The standard InChI is InChI=1S/C61H106N12O13/c1-38(2)34-44(52(77)66-46(36-40(5)6)54(79)70-61(12,13)58(83)71-59(8,9)56(81)63-26-25-49(74)62-27-29-72(30-32-84-14)31-33-85-15)67-57(82)60(10,11)69-53(78)45(35-39(3)4)65-50(75)43(24-23-42-20-17-16-18-21-42)51(76)68-48-22-19-28-73(48)55(80)47-37-86-41(7)64-47/h37-40,42-46,48H,16-36H2,1-15H3,(H,62,74)(H,63,81)(H,65,75)(H,66,77)(H,67,82)(H,68,76)(H,69,78)(H,70,79)(H,71,83)/t43-,44-,45-,46-,48-/m0/s1. The molecule has 9 N–H and O–H groups in total. The number of methoxy groups -OCH3 is 2. The number of amides is 10. The smallest absolute Gasteiger partial charge is 0.277 e. The van der Waals surface area contributed by atoms with E-state index in [1.807, 2.05) is 41.5 Å². The number of likely N-dealkylation sites (tertiary alicyclic amines) is 1. The third-order valence-corrected chi connectivity index (χ3v) is 15.5. The van der Waals surface area contributed by atoms with Crippen molar-refractivity contribution in [3.05, 3.63) is 17.8 Å². The number of carbonyl (C=O) groups excluding carboxylic acids is 10. The van der Waals surface area contributed by atoms with Crippen LogP contribution in [-0.4, -0.2) is 181 Å². The molecule has 1 aliphatic heterocycles. The minimum Gasteiger partial charge on any atom is -0.448 e. The van der Waals surface area contributed by atoms with Gasteiger partial charge in [-0.05, 0) is 110 Å². The molecule has 2 heterocycles. The Hall–Kier alpha value is -6.21. The van der Waals surface area contributed by atoms with Gasteiger partial charge in [0.05, 0.1) is 13.2 Å². The van der Waals surface area contributed by atoms with E-state index in [-0.39, 0.29) is 68.0 Å². The molecule has 0 unspecified atom stereocenters. The van der Waals surface area contributed by atoms with E-state index in [1.54, 1.807) is 21.1 Å². The third kappa shape index (κ3) is 25.2. The lowest BCUT2D eigenvalue weighted by Gasteiger charge is -2.34. The Morgan fingerprint density at radius 2 is 1.14 bits per heavy atom. The molecule has 25 nitrogen and oxygen atoms in total. The normalized spacial score (nSPS) is 16.5. The number of carbonyl (C=O) groups is 10. The van der Waals surface area contributed by atoms with Gasteiger partial charge in [0.15, 0.2) is 11.6 Å². The highest BCUT2D eigenvalue weighted by molar-refractivity contribution is 6.03. The Kier molecular flexibility index (Phi) is 30.6. The van der Waals surface area contributed by atoms with Gasteiger partial charge in [-0.2, -0.15) is 0 Å². The number of ether oxygens (including phenoxy) is 2. The van der Waals surface area contributed by atoms with Gasteiger partial charge in [0, 0.05) is 66.8 Å². The average molecular weight is 1220 g/mol. The van der Waals surface area contributed by atoms with Gasteiger partial charge in [-0.3, -0.25) is 52.8 Å². The Morgan fingerprint density at radius 3 is 1.66 bits per heavy atom. The van der Waals surface area contributed by atoms with Gasteiger partial charge in [0.25, 0.3) is 5.91 Å². The summed E-state index contributed by atoms with van der Waals surface area (Å²) in [6, 6.07) is -3.53. The van der Waals surface area contributed by atoms with Gasteiger partial charge >= 0.3 is 0 Å². The van der Waals surface area contributed by atoms with E-state index in [9.17, 15) is 47.9 Å². The lowest BCUT2D eigenvalue weighted by atomic mass is 9.83. The van der Waals surface area contributed by atoms with Gasteiger partial charge in [-0.15, -0.1) is 0 Å². The number of nitrogens with zero attached hydrogens (tertiary/aromatic N) is 3. The van der Waals surface area contributed by atoms with Gasteiger partial charge in [0.1, 0.15) is 53.1 Å². The molecular formula is C61H106N12O13. The molecule has 0 aromatic carbocycles. The summed E-state index contributed by atoms with van der Waals surface area (Å²) < 4.78 is 15.6. The SMILES string of the molecule is COCCN(CCNC(=O)CCNC(=O)C(C)(C)NC(=O)C(C)(C)NC(=O)[C@H](CC(C)C)NC(=O)[C@H](CC(C)C)NC(=O)C(C)(C)NC(=O)[C@H](CC(C)C)NC(=O)[C@H](CCC1CCCCC1)C(=O)N[C@@H]1CCCN1C(=O)c1coc(C)n1)CCOC. The summed E-state index contributed by atoms with van der Waals surface area (Å²) in [5.41, 5.74) is -4.62. The molecular weight excluding hydrogens is 1110 g/mol. The fraction of sp³-hybridized carbons (Fsp3) is 0.787. The minimum absolute atomic E-state index is 0.00245. The van der Waals surface area contributed by atoms with Crippen LogP contribution in [0.15, 0.2) is 10.7 Å². The quantitative estimate of drug-likeness (QED) is 0.0432. The van der Waals surface area contributed by atoms with Crippen LogP contribution in [0.3, 0.4) is 0 Å². The van der Waals surface area contributed by atoms with E-state index in [2.05, 4.69) is 57.7 Å². The highest BCUT2D eigenvalue weighted by atomic mass is 16.5. The minimum atomic E-state index is -1.66. The molecule has 2 aliphatic rings. The molecule has 3 rings (SSSR count). The summed E-state index contributed by atoms with van der Waals surface area (Å²) in [4.78, 5) is 147. The van der Waals surface area contributed by atoms with Gasteiger partial charge in [0.2, 0.25) is 53.2 Å². The Bertz CT molecular complexity index is 2390. The molecule has 86 heavy (non-hydrogen) atoms. The van der Waals surface area contributed by atoms with Crippen LogP contribution < -0.4 is 47.9 Å². The molecule has 0 radical (unpaired) electrons. The first-order valence-corrected chi connectivity index (χ1v) is 31.0. The Balaban J connectivity index is 1.69. The van der Waals surface area contributed by atoms with Crippen molar-refractivity contribution >= 4 is 59.1 Å². The molecule has 0 bridgehead atoms. The molecule has 0 spiro atoms. The van der Waals surface area contributed by atoms with Crippen LogP contribution >= 0.6 is 0 Å². The fourth-order valence-corrected chi connectivity index (χ4v) is 10.4. The Morgan fingerprint density at radius 1 is 0.616 bits per heavy atom. The fourth-order valence-electron chi connectivity index (χ4n) is 10.4. The summed E-state index contributed by atoms with van der Waals surface area (Å²) in [6.45, 7) is 25.4. The number of nitrogens with one attached hydrogen (secondary N) is 9. The van der Waals surface area contributed by atoms with Crippen molar-refractivity contribution in [2.24, 2.45) is 29.6 Å². The zero-order valence-corrected chi connectivity index (χ0v) is 54.3. The van der Waals surface area contributed by atoms with Crippen LogP contribution in [0.1, 0.15) is 183 Å². The van der Waals surface area contributed by atoms with Crippen LogP contribution in [0.25, 0.3) is 0 Å². The lowest BCUT2D eigenvalue weighted by molar-refractivity contribution is -0.140. The first-order valence-electron chi connectivity index (χ1n) is 31.0. The highest BCUT2D eigenvalue weighted by Gasteiger charge is 2.42. The zero-order chi connectivity index (χ0) is 64.5. The van der Waals surface area contributed by atoms with E-state index in [0.717, 1.165) is 32.1 Å². The van der Waals surface area contributed by atoms with Crippen LogP contribution in [0, 0.1) is 36.5 Å².